The molecule has 1 spiro atoms. The van der Waals surface area contributed by atoms with E-state index in [-0.39, 0.29) is 31.5 Å². The molecule has 2 aliphatic rings. The Hall–Kier alpha value is -1.90. The number of amides is 2. The minimum absolute atomic E-state index is 0.0612. The lowest BCUT2D eigenvalue weighted by molar-refractivity contribution is -0.132. The molecule has 4 rings (SSSR count). The maximum Gasteiger partial charge on any atom is 0.242 e. The summed E-state index contributed by atoms with van der Waals surface area (Å²) in [5.41, 5.74) is 1.19. The van der Waals surface area contributed by atoms with Gasteiger partial charge in [-0.05, 0) is 41.4 Å². The molecule has 6 nitrogen and oxygen atoms in total. The first-order chi connectivity index (χ1) is 16.6. The van der Waals surface area contributed by atoms with Crippen molar-refractivity contribution in [1.82, 2.24) is 5.32 Å². The summed E-state index contributed by atoms with van der Waals surface area (Å²) < 4.78 is 12.0. The molecule has 3 unspecified atom stereocenters. The molecule has 35 heavy (non-hydrogen) atoms. The summed E-state index contributed by atoms with van der Waals surface area (Å²) in [6.45, 7) is 7.82. The van der Waals surface area contributed by atoms with Crippen molar-refractivity contribution >= 4 is 48.8 Å². The minimum Gasteiger partial charge on any atom is -0.379 e. The van der Waals surface area contributed by atoms with Gasteiger partial charge in [-0.3, -0.25) is 14.5 Å². The lowest BCUT2D eigenvalue weighted by Gasteiger charge is -2.40. The molecule has 0 bridgehead atoms. The number of benzene rings is 2. The molecule has 9 heteroatoms. The van der Waals surface area contributed by atoms with Gasteiger partial charge in [-0.2, -0.15) is 0 Å². The first kappa shape index (κ1) is 26.2. The smallest absolute Gasteiger partial charge is 0.242 e. The SMILES string of the molecule is COC1CC(=O)NCC(c2cccc(Cl)c2)C12C(=O)N(COCC[Si](C)(C)C)c1cc(Cl)ccc12. The van der Waals surface area contributed by atoms with Gasteiger partial charge in [-0.1, -0.05) is 61.0 Å². The molecule has 1 saturated heterocycles. The van der Waals surface area contributed by atoms with Gasteiger partial charge >= 0.3 is 0 Å². The third kappa shape index (κ3) is 5.02. The van der Waals surface area contributed by atoms with Crippen LogP contribution in [0.1, 0.15) is 23.5 Å². The quantitative estimate of drug-likeness (QED) is 0.391. The van der Waals surface area contributed by atoms with Crippen LogP contribution in [0.15, 0.2) is 42.5 Å². The molecular formula is C26H32Cl2N2O4Si. The number of ether oxygens (including phenoxy) is 2. The van der Waals surface area contributed by atoms with Crippen molar-refractivity contribution < 1.29 is 19.1 Å². The van der Waals surface area contributed by atoms with Crippen LogP contribution in [-0.4, -0.2) is 53.0 Å². The Bertz CT molecular complexity index is 1120. The average molecular weight is 536 g/mol. The molecule has 1 fully saturated rings. The first-order valence-corrected chi connectivity index (χ1v) is 16.3. The maximum absolute atomic E-state index is 14.5. The first-order valence-electron chi connectivity index (χ1n) is 11.8. The second-order valence-electron chi connectivity index (χ2n) is 10.5. The maximum atomic E-state index is 14.5. The lowest BCUT2D eigenvalue weighted by Crippen LogP contribution is -2.54. The van der Waals surface area contributed by atoms with Gasteiger partial charge in [0.05, 0.1) is 18.2 Å². The Labute approximate surface area is 217 Å². The summed E-state index contributed by atoms with van der Waals surface area (Å²) in [6, 6.07) is 13.9. The van der Waals surface area contributed by atoms with Crippen LogP contribution >= 0.6 is 23.2 Å². The van der Waals surface area contributed by atoms with Gasteiger partial charge in [0.2, 0.25) is 11.8 Å². The van der Waals surface area contributed by atoms with Gasteiger partial charge in [-0.15, -0.1) is 0 Å². The second-order valence-corrected chi connectivity index (χ2v) is 16.9. The van der Waals surface area contributed by atoms with E-state index in [2.05, 4.69) is 25.0 Å². The molecule has 0 aromatic heterocycles. The molecule has 2 aromatic rings. The Balaban J connectivity index is 1.84. The number of halogens is 2. The molecular weight excluding hydrogens is 503 g/mol. The standard InChI is InChI=1S/C26H32Cl2N2O4Si/c1-33-23-14-24(31)29-15-21(17-6-5-7-18(27)12-17)26(23)20-9-8-19(28)13-22(20)30(25(26)32)16-34-10-11-35(2,3)4/h5-9,12-13,21,23H,10-11,14-16H2,1-4H3,(H,29,31). The normalized spacial score (nSPS) is 24.5. The highest BCUT2D eigenvalue weighted by Crippen LogP contribution is 2.54. The van der Waals surface area contributed by atoms with Gasteiger partial charge < -0.3 is 14.8 Å². The van der Waals surface area contributed by atoms with Crippen molar-refractivity contribution in [2.24, 2.45) is 0 Å². The molecule has 2 amide bonds. The van der Waals surface area contributed by atoms with Crippen molar-refractivity contribution in [2.75, 3.05) is 31.9 Å². The molecule has 2 aromatic carbocycles. The highest BCUT2D eigenvalue weighted by molar-refractivity contribution is 6.76. The van der Waals surface area contributed by atoms with E-state index in [0.29, 0.717) is 22.3 Å². The van der Waals surface area contributed by atoms with Crippen molar-refractivity contribution in [3.8, 4) is 0 Å². The van der Waals surface area contributed by atoms with E-state index in [1.54, 1.807) is 30.2 Å². The van der Waals surface area contributed by atoms with Gasteiger partial charge in [0, 0.05) is 44.3 Å². The predicted octanol–water partition coefficient (Wildman–Crippen LogP) is 5.21. The van der Waals surface area contributed by atoms with Crippen LogP contribution < -0.4 is 10.2 Å². The van der Waals surface area contributed by atoms with Crippen LogP contribution in [0.25, 0.3) is 0 Å². The highest BCUT2D eigenvalue weighted by atomic mass is 35.5. The second kappa shape index (κ2) is 10.2. The summed E-state index contributed by atoms with van der Waals surface area (Å²) in [6.07, 6.45) is -0.625. The van der Waals surface area contributed by atoms with E-state index in [4.69, 9.17) is 32.7 Å². The van der Waals surface area contributed by atoms with Crippen molar-refractivity contribution in [2.45, 2.75) is 49.5 Å². The predicted molar refractivity (Wildman–Crippen MR) is 142 cm³/mol. The zero-order valence-corrected chi connectivity index (χ0v) is 23.1. The van der Waals surface area contributed by atoms with E-state index in [1.165, 1.54) is 0 Å². The fourth-order valence-corrected chi connectivity index (χ4v) is 6.33. The van der Waals surface area contributed by atoms with Crippen molar-refractivity contribution in [3.63, 3.8) is 0 Å². The number of methoxy groups -OCH3 is 1. The van der Waals surface area contributed by atoms with Crippen LogP contribution in [0.3, 0.4) is 0 Å². The summed E-state index contributed by atoms with van der Waals surface area (Å²) >= 11 is 12.8. The van der Waals surface area contributed by atoms with Gasteiger partial charge in [-0.25, -0.2) is 0 Å². The Morgan fingerprint density at radius 2 is 1.86 bits per heavy atom. The van der Waals surface area contributed by atoms with Crippen molar-refractivity contribution in [1.29, 1.82) is 0 Å². The number of hydrogen-bond donors (Lipinski definition) is 1. The number of carbonyl (C=O) groups excluding carboxylic acids is 2. The number of fused-ring (bicyclic) bond motifs is 2. The molecule has 188 valence electrons. The molecule has 0 saturated carbocycles. The van der Waals surface area contributed by atoms with Crippen LogP contribution in [0.2, 0.25) is 35.7 Å². The van der Waals surface area contributed by atoms with Gasteiger partial charge in [0.1, 0.15) is 12.1 Å². The molecule has 0 aliphatic carbocycles. The van der Waals surface area contributed by atoms with E-state index in [9.17, 15) is 9.59 Å². The number of rotatable bonds is 7. The Morgan fingerprint density at radius 1 is 1.11 bits per heavy atom. The van der Waals surface area contributed by atoms with E-state index in [1.807, 2.05) is 24.3 Å². The molecule has 1 N–H and O–H groups in total. The Kier molecular flexibility index (Phi) is 7.64. The van der Waals surface area contributed by atoms with Crippen molar-refractivity contribution in [3.05, 3.63) is 63.6 Å². The molecule has 2 heterocycles. The zero-order valence-electron chi connectivity index (χ0n) is 20.6. The van der Waals surface area contributed by atoms with Crippen LogP contribution in [0.5, 0.6) is 0 Å². The van der Waals surface area contributed by atoms with Gasteiger partial charge in [0.25, 0.3) is 0 Å². The Morgan fingerprint density at radius 3 is 2.54 bits per heavy atom. The number of nitrogens with one attached hydrogen (secondary N) is 1. The molecule has 3 atom stereocenters. The third-order valence-corrected chi connectivity index (χ3v) is 9.15. The fraction of sp³-hybridized carbons (Fsp3) is 0.462. The number of carbonyl (C=O) groups is 2. The fourth-order valence-electron chi connectivity index (χ4n) is 5.21. The van der Waals surface area contributed by atoms with E-state index in [0.717, 1.165) is 17.2 Å². The van der Waals surface area contributed by atoms with E-state index >= 15 is 0 Å². The minimum atomic E-state index is -1.29. The monoisotopic (exact) mass is 534 g/mol. The topological polar surface area (TPSA) is 67.9 Å². The van der Waals surface area contributed by atoms with E-state index < -0.39 is 25.5 Å². The summed E-state index contributed by atoms with van der Waals surface area (Å²) in [7, 11) is 0.262. The lowest BCUT2D eigenvalue weighted by atomic mass is 9.64. The summed E-state index contributed by atoms with van der Waals surface area (Å²) in [4.78, 5) is 28.9. The third-order valence-electron chi connectivity index (χ3n) is 6.98. The number of anilines is 1. The average Bonchev–Trinajstić information content (AvgIpc) is 2.92. The number of hydrogen-bond acceptors (Lipinski definition) is 4. The highest BCUT2D eigenvalue weighted by Gasteiger charge is 2.62. The molecule has 0 radical (unpaired) electrons. The molecule has 2 aliphatic heterocycles. The van der Waals surface area contributed by atoms with Crippen LogP contribution in [-0.2, 0) is 24.5 Å². The van der Waals surface area contributed by atoms with Crippen LogP contribution in [0, 0.1) is 0 Å². The summed E-state index contributed by atoms with van der Waals surface area (Å²) in [5.74, 6) is -0.720. The largest absolute Gasteiger partial charge is 0.379 e. The zero-order chi connectivity index (χ0) is 25.4. The summed E-state index contributed by atoms with van der Waals surface area (Å²) in [5, 5.41) is 4.08. The van der Waals surface area contributed by atoms with Gasteiger partial charge in [0.15, 0.2) is 0 Å². The number of nitrogens with zero attached hydrogens (tertiary/aromatic N) is 1. The van der Waals surface area contributed by atoms with Crippen LogP contribution in [0.4, 0.5) is 5.69 Å².